The average molecular weight is 288 g/mol. The zero-order valence-corrected chi connectivity index (χ0v) is 11.9. The van der Waals surface area contributed by atoms with Crippen molar-refractivity contribution in [3.8, 4) is 0 Å². The maximum Gasteiger partial charge on any atom is 0.241 e. The molecule has 0 spiro atoms. The quantitative estimate of drug-likeness (QED) is 0.876. The highest BCUT2D eigenvalue weighted by molar-refractivity contribution is 7.90. The van der Waals surface area contributed by atoms with Crippen molar-refractivity contribution in [1.29, 1.82) is 0 Å². The first kappa shape index (κ1) is 14.5. The second kappa shape index (κ2) is 5.58. The minimum absolute atomic E-state index is 0.108. The van der Waals surface area contributed by atoms with Crippen molar-refractivity contribution in [3.05, 3.63) is 11.7 Å². The Morgan fingerprint density at radius 3 is 2.58 bits per heavy atom. The van der Waals surface area contributed by atoms with Crippen molar-refractivity contribution < 1.29 is 18.0 Å². The number of aliphatic hydroxyl groups is 1. The van der Waals surface area contributed by atoms with Crippen LogP contribution in [0, 0.1) is 0 Å². The van der Waals surface area contributed by atoms with Crippen LogP contribution in [0.1, 0.15) is 50.7 Å². The van der Waals surface area contributed by atoms with E-state index in [-0.39, 0.29) is 17.4 Å². The molecule has 1 aliphatic carbocycles. The van der Waals surface area contributed by atoms with Crippen molar-refractivity contribution in [2.24, 2.45) is 0 Å². The fraction of sp³-hybridized carbons (Fsp3) is 0.833. The van der Waals surface area contributed by atoms with E-state index in [2.05, 4.69) is 10.1 Å². The van der Waals surface area contributed by atoms with Crippen molar-refractivity contribution in [3.63, 3.8) is 0 Å². The van der Waals surface area contributed by atoms with E-state index in [0.29, 0.717) is 25.1 Å². The minimum atomic E-state index is -3.43. The van der Waals surface area contributed by atoms with E-state index in [9.17, 15) is 13.5 Å². The molecule has 0 saturated heterocycles. The van der Waals surface area contributed by atoms with E-state index >= 15 is 0 Å². The van der Waals surface area contributed by atoms with Crippen molar-refractivity contribution in [2.45, 2.75) is 56.8 Å². The molecule has 108 valence electrons. The van der Waals surface area contributed by atoms with E-state index in [1.807, 2.05) is 6.92 Å². The molecule has 2 rings (SSSR count). The lowest BCUT2D eigenvalue weighted by Crippen LogP contribution is -2.39. The fourth-order valence-electron chi connectivity index (χ4n) is 2.50. The Kier molecular flexibility index (Phi) is 4.25. The van der Waals surface area contributed by atoms with Gasteiger partial charge in [-0.25, -0.2) is 8.42 Å². The van der Waals surface area contributed by atoms with Gasteiger partial charge in [0.1, 0.15) is 5.75 Å². The molecule has 0 aliphatic heterocycles. The first-order valence-electron chi connectivity index (χ1n) is 6.67. The Labute approximate surface area is 113 Å². The molecule has 0 radical (unpaired) electrons. The molecule has 1 heterocycles. The lowest BCUT2D eigenvalue weighted by atomic mass is 9.86. The lowest BCUT2D eigenvalue weighted by molar-refractivity contribution is 0.0256. The summed E-state index contributed by atoms with van der Waals surface area (Å²) < 4.78 is 29.1. The van der Waals surface area contributed by atoms with Crippen molar-refractivity contribution in [2.75, 3.05) is 5.75 Å². The van der Waals surface area contributed by atoms with E-state index in [4.69, 9.17) is 4.52 Å². The van der Waals surface area contributed by atoms with Gasteiger partial charge in [0.2, 0.25) is 5.89 Å². The Morgan fingerprint density at radius 1 is 1.32 bits per heavy atom. The van der Waals surface area contributed by atoms with Gasteiger partial charge in [-0.3, -0.25) is 0 Å². The number of nitrogens with zero attached hydrogens (tertiary/aromatic N) is 2. The molecule has 6 nitrogen and oxygen atoms in total. The predicted octanol–water partition coefficient (Wildman–Crippen LogP) is 1.24. The molecule has 1 N–H and O–H groups in total. The van der Waals surface area contributed by atoms with Crippen LogP contribution in [0.25, 0.3) is 0 Å². The summed E-state index contributed by atoms with van der Waals surface area (Å²) in [6, 6.07) is 0. The van der Waals surface area contributed by atoms with Gasteiger partial charge in [-0.05, 0) is 12.8 Å². The number of hydrogen-bond acceptors (Lipinski definition) is 6. The fourth-order valence-corrected chi connectivity index (χ4v) is 4.20. The Hall–Kier alpha value is -0.950. The summed E-state index contributed by atoms with van der Waals surface area (Å²) in [5, 5.41) is 14.0. The van der Waals surface area contributed by atoms with Gasteiger partial charge in [-0.15, -0.1) is 0 Å². The molecule has 1 aromatic heterocycles. The Balaban J connectivity index is 2.01. The van der Waals surface area contributed by atoms with Crippen molar-refractivity contribution in [1.82, 2.24) is 10.1 Å². The summed E-state index contributed by atoms with van der Waals surface area (Å²) in [6.07, 6.45) is 4.53. The first-order chi connectivity index (χ1) is 8.92. The van der Waals surface area contributed by atoms with Crippen LogP contribution >= 0.6 is 0 Å². The number of rotatable bonds is 5. The van der Waals surface area contributed by atoms with Crippen LogP contribution in [0.2, 0.25) is 0 Å². The molecule has 7 heteroatoms. The van der Waals surface area contributed by atoms with Crippen LogP contribution in [-0.2, 0) is 22.0 Å². The van der Waals surface area contributed by atoms with E-state index < -0.39 is 15.4 Å². The monoisotopic (exact) mass is 288 g/mol. The molecule has 0 atom stereocenters. The minimum Gasteiger partial charge on any atom is -0.389 e. The summed E-state index contributed by atoms with van der Waals surface area (Å²) in [4.78, 5) is 3.99. The molecule has 19 heavy (non-hydrogen) atoms. The smallest absolute Gasteiger partial charge is 0.241 e. The van der Waals surface area contributed by atoms with Gasteiger partial charge < -0.3 is 9.63 Å². The Morgan fingerprint density at radius 2 is 2.00 bits per heavy atom. The third-order valence-electron chi connectivity index (χ3n) is 3.44. The van der Waals surface area contributed by atoms with E-state index in [1.54, 1.807) is 0 Å². The molecule has 0 bridgehead atoms. The Bertz CT molecular complexity index is 518. The van der Waals surface area contributed by atoms with Crippen LogP contribution in [0.4, 0.5) is 0 Å². The van der Waals surface area contributed by atoms with E-state index in [0.717, 1.165) is 19.3 Å². The second-order valence-corrected chi connectivity index (χ2v) is 7.34. The van der Waals surface area contributed by atoms with E-state index in [1.165, 1.54) is 0 Å². The normalized spacial score (nSPS) is 19.5. The summed E-state index contributed by atoms with van der Waals surface area (Å²) in [7, 11) is -3.43. The summed E-state index contributed by atoms with van der Waals surface area (Å²) in [5.41, 5.74) is -1.08. The standard InChI is InChI=1S/C12H20N2O4S/c1-2-10-13-11(18-14-10)8-19(16,17)9-12(15)6-4-3-5-7-12/h15H,2-9H2,1H3. The zero-order valence-electron chi connectivity index (χ0n) is 11.1. The SMILES string of the molecule is CCc1noc(CS(=O)(=O)CC2(O)CCCCC2)n1. The van der Waals surface area contributed by atoms with Gasteiger partial charge in [0, 0.05) is 6.42 Å². The molecular formula is C12H20N2O4S. The summed E-state index contributed by atoms with van der Waals surface area (Å²) in [6.45, 7) is 1.87. The molecule has 1 aromatic rings. The number of aromatic nitrogens is 2. The molecule has 0 aromatic carbocycles. The molecule has 1 aliphatic rings. The number of hydrogen-bond donors (Lipinski definition) is 1. The second-order valence-electron chi connectivity index (χ2n) is 5.28. The van der Waals surface area contributed by atoms with Gasteiger partial charge in [0.25, 0.3) is 0 Å². The van der Waals surface area contributed by atoms with Gasteiger partial charge in [0.05, 0.1) is 11.4 Å². The van der Waals surface area contributed by atoms with Crippen LogP contribution in [-0.4, -0.2) is 35.0 Å². The predicted molar refractivity (Wildman–Crippen MR) is 69.2 cm³/mol. The first-order valence-corrected chi connectivity index (χ1v) is 8.49. The van der Waals surface area contributed by atoms with Gasteiger partial charge in [0.15, 0.2) is 15.7 Å². The number of aryl methyl sites for hydroxylation is 1. The molecule has 0 amide bonds. The lowest BCUT2D eigenvalue weighted by Gasteiger charge is -2.31. The third-order valence-corrected chi connectivity index (χ3v) is 5.11. The van der Waals surface area contributed by atoms with Crippen LogP contribution in [0.3, 0.4) is 0 Å². The van der Waals surface area contributed by atoms with Crippen LogP contribution in [0.5, 0.6) is 0 Å². The maximum atomic E-state index is 12.1. The molecule has 1 fully saturated rings. The third kappa shape index (κ3) is 4.01. The summed E-state index contributed by atoms with van der Waals surface area (Å²) >= 11 is 0. The highest BCUT2D eigenvalue weighted by atomic mass is 32.2. The van der Waals surface area contributed by atoms with Gasteiger partial charge in [-0.2, -0.15) is 4.98 Å². The van der Waals surface area contributed by atoms with Gasteiger partial charge >= 0.3 is 0 Å². The average Bonchev–Trinajstić information content (AvgIpc) is 2.75. The summed E-state index contributed by atoms with van der Waals surface area (Å²) in [5.74, 6) is 0.101. The highest BCUT2D eigenvalue weighted by Gasteiger charge is 2.35. The van der Waals surface area contributed by atoms with Crippen LogP contribution < -0.4 is 0 Å². The largest absolute Gasteiger partial charge is 0.389 e. The topological polar surface area (TPSA) is 93.3 Å². The molecular weight excluding hydrogens is 268 g/mol. The van der Waals surface area contributed by atoms with Crippen LogP contribution in [0.15, 0.2) is 4.52 Å². The van der Waals surface area contributed by atoms with Gasteiger partial charge in [-0.1, -0.05) is 31.3 Å². The molecule has 0 unspecified atom stereocenters. The van der Waals surface area contributed by atoms with Crippen molar-refractivity contribution >= 4 is 9.84 Å². The number of sulfone groups is 1. The maximum absolute atomic E-state index is 12.1. The molecule has 1 saturated carbocycles. The highest BCUT2D eigenvalue weighted by Crippen LogP contribution is 2.29. The zero-order chi connectivity index (χ0) is 13.9.